The Labute approximate surface area is 180 Å². The van der Waals surface area contributed by atoms with Crippen LogP contribution in [0.15, 0.2) is 77.9 Å². The molecule has 150 valence electrons. The molecule has 5 heteroatoms. The van der Waals surface area contributed by atoms with E-state index < -0.39 is 0 Å². The average Bonchev–Trinajstić information content (AvgIpc) is 3.18. The van der Waals surface area contributed by atoms with Gasteiger partial charge in [-0.15, -0.1) is 0 Å². The number of hydrogen-bond acceptors (Lipinski definition) is 5. The topological polar surface area (TPSA) is 87.1 Å². The van der Waals surface area contributed by atoms with Crippen molar-refractivity contribution in [2.24, 2.45) is 10.7 Å². The highest BCUT2D eigenvalue weighted by Crippen LogP contribution is 2.35. The van der Waals surface area contributed by atoms with Gasteiger partial charge in [0.1, 0.15) is 11.9 Å². The first-order valence-electron chi connectivity index (χ1n) is 10.2. The van der Waals surface area contributed by atoms with Crippen LogP contribution in [-0.2, 0) is 6.42 Å². The predicted octanol–water partition coefficient (Wildman–Crippen LogP) is 5.49. The highest BCUT2D eigenvalue weighted by atomic mass is 14.9. The average molecular weight is 403 g/mol. The fraction of sp³-hybridized carbons (Fsp3) is 0.115. The molecule has 0 bridgehead atoms. The molecule has 0 amide bonds. The van der Waals surface area contributed by atoms with Crippen molar-refractivity contribution in [1.29, 1.82) is 5.26 Å². The maximum Gasteiger partial charge on any atom is 0.104 e. The molecular formula is C26H21N5. The standard InChI is InChI=1S/C26H21N5/c1-16(17-5-3-2-4-6-17)30-26-21(14-27)15-29-23-10-9-18(11-22(23)26)19-7-8-20-13-25(28)31-24(20)12-19/h2-12,15-16H,13H2,1H3,(H2,28,31)(H,29,30). The van der Waals surface area contributed by atoms with Crippen LogP contribution in [0.4, 0.5) is 11.4 Å². The molecule has 0 aliphatic carbocycles. The second-order valence-electron chi connectivity index (χ2n) is 7.79. The van der Waals surface area contributed by atoms with Crippen LogP contribution in [0, 0.1) is 11.3 Å². The zero-order valence-electron chi connectivity index (χ0n) is 17.1. The molecule has 1 aliphatic rings. The maximum atomic E-state index is 9.72. The number of anilines is 1. The molecular weight excluding hydrogens is 382 g/mol. The molecule has 1 atom stereocenters. The minimum Gasteiger partial charge on any atom is -0.387 e. The van der Waals surface area contributed by atoms with Gasteiger partial charge in [0.05, 0.1) is 22.5 Å². The third-order valence-corrected chi connectivity index (χ3v) is 5.70. The van der Waals surface area contributed by atoms with E-state index in [1.165, 1.54) is 0 Å². The van der Waals surface area contributed by atoms with Crippen LogP contribution in [0.1, 0.15) is 29.7 Å². The minimum absolute atomic E-state index is 0.0415. The Morgan fingerprint density at radius 2 is 1.81 bits per heavy atom. The van der Waals surface area contributed by atoms with Gasteiger partial charge in [0.2, 0.25) is 0 Å². The Morgan fingerprint density at radius 3 is 2.61 bits per heavy atom. The first kappa shape index (κ1) is 18.8. The van der Waals surface area contributed by atoms with Gasteiger partial charge in [0.15, 0.2) is 0 Å². The van der Waals surface area contributed by atoms with Crippen molar-refractivity contribution >= 4 is 28.1 Å². The maximum absolute atomic E-state index is 9.72. The zero-order chi connectivity index (χ0) is 21.4. The van der Waals surface area contributed by atoms with Gasteiger partial charge in [-0.1, -0.05) is 48.5 Å². The lowest BCUT2D eigenvalue weighted by Gasteiger charge is -2.19. The summed E-state index contributed by atoms with van der Waals surface area (Å²) in [6, 6.07) is 24.9. The van der Waals surface area contributed by atoms with E-state index in [1.807, 2.05) is 24.3 Å². The normalized spacial score (nSPS) is 13.4. The van der Waals surface area contributed by atoms with E-state index in [4.69, 9.17) is 5.73 Å². The Kier molecular flexibility index (Phi) is 4.61. The predicted molar refractivity (Wildman–Crippen MR) is 125 cm³/mol. The molecule has 1 unspecified atom stereocenters. The number of fused-ring (bicyclic) bond motifs is 2. The summed E-state index contributed by atoms with van der Waals surface area (Å²) in [4.78, 5) is 8.94. The monoisotopic (exact) mass is 403 g/mol. The van der Waals surface area contributed by atoms with E-state index in [0.717, 1.165) is 44.5 Å². The van der Waals surface area contributed by atoms with Crippen molar-refractivity contribution < 1.29 is 0 Å². The number of pyridine rings is 1. The number of aromatic nitrogens is 1. The molecule has 31 heavy (non-hydrogen) atoms. The molecule has 4 aromatic rings. The summed E-state index contributed by atoms with van der Waals surface area (Å²) in [5.41, 5.74) is 13.4. The lowest BCUT2D eigenvalue weighted by molar-refractivity contribution is 0.885. The third-order valence-electron chi connectivity index (χ3n) is 5.70. The second kappa shape index (κ2) is 7.58. The van der Waals surface area contributed by atoms with Gasteiger partial charge in [-0.25, -0.2) is 4.99 Å². The Bertz CT molecular complexity index is 1370. The van der Waals surface area contributed by atoms with Gasteiger partial charge in [-0.2, -0.15) is 5.26 Å². The summed E-state index contributed by atoms with van der Waals surface area (Å²) in [6.45, 7) is 2.09. The van der Waals surface area contributed by atoms with Gasteiger partial charge < -0.3 is 11.1 Å². The number of aliphatic imine (C=N–C) groups is 1. The summed E-state index contributed by atoms with van der Waals surface area (Å²) in [6.07, 6.45) is 2.34. The number of nitrogens with one attached hydrogen (secondary N) is 1. The van der Waals surface area contributed by atoms with Crippen LogP contribution in [0.25, 0.3) is 22.0 Å². The number of rotatable bonds is 4. The number of nitrogens with zero attached hydrogens (tertiary/aromatic N) is 3. The Balaban J connectivity index is 1.60. The van der Waals surface area contributed by atoms with Crippen molar-refractivity contribution in [3.05, 3.63) is 89.6 Å². The lowest BCUT2D eigenvalue weighted by atomic mass is 9.99. The zero-order valence-corrected chi connectivity index (χ0v) is 17.1. The van der Waals surface area contributed by atoms with Crippen molar-refractivity contribution in [3.8, 4) is 17.2 Å². The van der Waals surface area contributed by atoms with Gasteiger partial charge in [0, 0.05) is 24.0 Å². The molecule has 1 aliphatic heterocycles. The minimum atomic E-state index is 0.0415. The molecule has 1 aromatic heterocycles. The SMILES string of the molecule is CC(Nc1c(C#N)cnc2ccc(-c3ccc4c(c3)N=C(N)C4)cc12)c1ccccc1. The molecule has 0 radical (unpaired) electrons. The van der Waals surface area contributed by atoms with Crippen LogP contribution in [0.5, 0.6) is 0 Å². The highest BCUT2D eigenvalue weighted by molar-refractivity contribution is 5.97. The quantitative estimate of drug-likeness (QED) is 0.471. The van der Waals surface area contributed by atoms with E-state index in [9.17, 15) is 5.26 Å². The largest absolute Gasteiger partial charge is 0.387 e. The number of amidine groups is 1. The van der Waals surface area contributed by atoms with E-state index in [2.05, 4.69) is 70.8 Å². The van der Waals surface area contributed by atoms with Crippen LogP contribution in [0.2, 0.25) is 0 Å². The molecule has 0 fully saturated rings. The fourth-order valence-corrected chi connectivity index (χ4v) is 4.04. The van der Waals surface area contributed by atoms with Gasteiger partial charge in [-0.05, 0) is 47.4 Å². The van der Waals surface area contributed by atoms with Crippen LogP contribution < -0.4 is 11.1 Å². The third kappa shape index (κ3) is 3.49. The summed E-state index contributed by atoms with van der Waals surface area (Å²) in [5.74, 6) is 0.648. The first-order valence-corrected chi connectivity index (χ1v) is 10.2. The summed E-state index contributed by atoms with van der Waals surface area (Å²) < 4.78 is 0. The Hall–Kier alpha value is -4.17. The lowest BCUT2D eigenvalue weighted by Crippen LogP contribution is -2.09. The van der Waals surface area contributed by atoms with Crippen molar-refractivity contribution in [3.63, 3.8) is 0 Å². The Morgan fingerprint density at radius 1 is 1.03 bits per heavy atom. The van der Waals surface area contributed by atoms with Gasteiger partial charge in [0.25, 0.3) is 0 Å². The summed E-state index contributed by atoms with van der Waals surface area (Å²) >= 11 is 0. The highest BCUT2D eigenvalue weighted by Gasteiger charge is 2.16. The van der Waals surface area contributed by atoms with Crippen molar-refractivity contribution in [2.45, 2.75) is 19.4 Å². The summed E-state index contributed by atoms with van der Waals surface area (Å²) in [5, 5.41) is 14.2. The van der Waals surface area contributed by atoms with Crippen LogP contribution in [0.3, 0.4) is 0 Å². The molecule has 2 heterocycles. The first-order chi connectivity index (χ1) is 15.1. The summed E-state index contributed by atoms with van der Waals surface area (Å²) in [7, 11) is 0. The van der Waals surface area contributed by atoms with Crippen LogP contribution in [-0.4, -0.2) is 10.8 Å². The molecule has 3 aromatic carbocycles. The van der Waals surface area contributed by atoms with Crippen molar-refractivity contribution in [1.82, 2.24) is 4.98 Å². The van der Waals surface area contributed by atoms with E-state index >= 15 is 0 Å². The molecule has 0 spiro atoms. The van der Waals surface area contributed by atoms with Gasteiger partial charge >= 0.3 is 0 Å². The number of nitrogens with two attached hydrogens (primary N) is 1. The van der Waals surface area contributed by atoms with E-state index in [1.54, 1.807) is 6.20 Å². The molecule has 5 nitrogen and oxygen atoms in total. The molecule has 0 saturated heterocycles. The molecule has 5 rings (SSSR count). The number of hydrogen-bond donors (Lipinski definition) is 2. The second-order valence-corrected chi connectivity index (χ2v) is 7.79. The van der Waals surface area contributed by atoms with Gasteiger partial charge in [-0.3, -0.25) is 4.98 Å². The fourth-order valence-electron chi connectivity index (χ4n) is 4.04. The number of benzene rings is 3. The molecule has 3 N–H and O–H groups in total. The van der Waals surface area contributed by atoms with E-state index in [0.29, 0.717) is 17.8 Å². The smallest absolute Gasteiger partial charge is 0.104 e. The van der Waals surface area contributed by atoms with E-state index in [-0.39, 0.29) is 6.04 Å². The van der Waals surface area contributed by atoms with Crippen molar-refractivity contribution in [2.75, 3.05) is 5.32 Å². The van der Waals surface area contributed by atoms with Crippen LogP contribution >= 0.6 is 0 Å². The number of nitriles is 1. The molecule has 0 saturated carbocycles.